The Labute approximate surface area is 100 Å². The summed E-state index contributed by atoms with van der Waals surface area (Å²) in [6.07, 6.45) is 1.03. The van der Waals surface area contributed by atoms with Gasteiger partial charge in [0.05, 0.1) is 6.07 Å². The van der Waals surface area contributed by atoms with Gasteiger partial charge in [-0.05, 0) is 43.7 Å². The smallest absolute Gasteiger partial charge is 0.126 e. The molecule has 16 heavy (non-hydrogen) atoms. The molecule has 0 aromatic heterocycles. The SMILES string of the molecule is CNC(CCC#N)c1cc(F)c(C)cc1Cl. The Morgan fingerprint density at radius 1 is 1.56 bits per heavy atom. The van der Waals surface area contributed by atoms with Crippen LogP contribution in [-0.2, 0) is 0 Å². The maximum atomic E-state index is 13.4. The lowest BCUT2D eigenvalue weighted by Gasteiger charge is -2.17. The molecule has 0 fully saturated rings. The van der Waals surface area contributed by atoms with Gasteiger partial charge in [-0.25, -0.2) is 4.39 Å². The Balaban J connectivity index is 3.01. The lowest BCUT2D eigenvalue weighted by atomic mass is 10.0. The number of benzene rings is 1. The molecule has 0 saturated carbocycles. The van der Waals surface area contributed by atoms with Crippen molar-refractivity contribution in [3.63, 3.8) is 0 Å². The fourth-order valence-electron chi connectivity index (χ4n) is 1.59. The molecular formula is C12H14ClFN2. The fourth-order valence-corrected chi connectivity index (χ4v) is 1.94. The van der Waals surface area contributed by atoms with Crippen molar-refractivity contribution in [3.8, 4) is 6.07 Å². The number of nitrogens with zero attached hydrogens (tertiary/aromatic N) is 1. The van der Waals surface area contributed by atoms with E-state index in [4.69, 9.17) is 16.9 Å². The number of rotatable bonds is 4. The van der Waals surface area contributed by atoms with E-state index >= 15 is 0 Å². The lowest BCUT2D eigenvalue weighted by Crippen LogP contribution is -2.17. The first-order chi connectivity index (χ1) is 7.60. The molecule has 2 nitrogen and oxygen atoms in total. The predicted molar refractivity (Wildman–Crippen MR) is 62.8 cm³/mol. The van der Waals surface area contributed by atoms with Crippen molar-refractivity contribution in [2.75, 3.05) is 7.05 Å². The van der Waals surface area contributed by atoms with Crippen LogP contribution in [0.25, 0.3) is 0 Å². The van der Waals surface area contributed by atoms with Gasteiger partial charge in [-0.2, -0.15) is 5.26 Å². The van der Waals surface area contributed by atoms with Crippen molar-refractivity contribution in [3.05, 3.63) is 34.1 Å². The van der Waals surface area contributed by atoms with Gasteiger partial charge in [-0.3, -0.25) is 0 Å². The van der Waals surface area contributed by atoms with Crippen molar-refractivity contribution in [2.45, 2.75) is 25.8 Å². The number of aryl methyl sites for hydroxylation is 1. The van der Waals surface area contributed by atoms with Gasteiger partial charge in [0.25, 0.3) is 0 Å². The summed E-state index contributed by atoms with van der Waals surface area (Å²) in [4.78, 5) is 0. The molecule has 0 aliphatic rings. The Morgan fingerprint density at radius 3 is 2.81 bits per heavy atom. The van der Waals surface area contributed by atoms with Crippen LogP contribution in [0.2, 0.25) is 5.02 Å². The van der Waals surface area contributed by atoms with E-state index in [1.807, 2.05) is 0 Å². The molecule has 1 aromatic carbocycles. The van der Waals surface area contributed by atoms with E-state index in [1.54, 1.807) is 20.0 Å². The van der Waals surface area contributed by atoms with Gasteiger partial charge >= 0.3 is 0 Å². The van der Waals surface area contributed by atoms with Crippen LogP contribution in [0.15, 0.2) is 12.1 Å². The molecule has 0 bridgehead atoms. The second kappa shape index (κ2) is 5.83. The van der Waals surface area contributed by atoms with Gasteiger partial charge in [-0.1, -0.05) is 11.6 Å². The van der Waals surface area contributed by atoms with Crippen LogP contribution in [0.1, 0.15) is 30.0 Å². The zero-order chi connectivity index (χ0) is 12.1. The summed E-state index contributed by atoms with van der Waals surface area (Å²) in [6.45, 7) is 1.68. The third-order valence-corrected chi connectivity index (χ3v) is 2.87. The predicted octanol–water partition coefficient (Wildman–Crippen LogP) is 3.35. The first-order valence-electron chi connectivity index (χ1n) is 5.10. The number of halogens is 2. The van der Waals surface area contributed by atoms with Crippen LogP contribution < -0.4 is 5.32 Å². The van der Waals surface area contributed by atoms with Gasteiger partial charge < -0.3 is 5.32 Å². The van der Waals surface area contributed by atoms with E-state index in [2.05, 4.69) is 11.4 Å². The largest absolute Gasteiger partial charge is 0.313 e. The third kappa shape index (κ3) is 2.94. The van der Waals surface area contributed by atoms with E-state index < -0.39 is 0 Å². The minimum absolute atomic E-state index is 0.0813. The summed E-state index contributed by atoms with van der Waals surface area (Å²) in [7, 11) is 1.77. The maximum Gasteiger partial charge on any atom is 0.126 e. The molecule has 0 heterocycles. The monoisotopic (exact) mass is 240 g/mol. The number of nitriles is 1. The van der Waals surface area contributed by atoms with E-state index in [9.17, 15) is 4.39 Å². The van der Waals surface area contributed by atoms with Crippen LogP contribution in [-0.4, -0.2) is 7.05 Å². The molecule has 86 valence electrons. The highest BCUT2D eigenvalue weighted by Crippen LogP contribution is 2.28. The van der Waals surface area contributed by atoms with Crippen LogP contribution in [0.3, 0.4) is 0 Å². The molecule has 0 radical (unpaired) electrons. The van der Waals surface area contributed by atoms with Crippen molar-refractivity contribution in [2.24, 2.45) is 0 Å². The van der Waals surface area contributed by atoms with Crippen LogP contribution in [0, 0.1) is 24.1 Å². The van der Waals surface area contributed by atoms with Crippen LogP contribution in [0.5, 0.6) is 0 Å². The molecule has 4 heteroatoms. The molecule has 0 aliphatic carbocycles. The molecule has 1 atom stereocenters. The second-order valence-electron chi connectivity index (χ2n) is 3.66. The third-order valence-electron chi connectivity index (χ3n) is 2.55. The highest BCUT2D eigenvalue weighted by Gasteiger charge is 2.14. The van der Waals surface area contributed by atoms with Crippen LogP contribution >= 0.6 is 11.6 Å². The maximum absolute atomic E-state index is 13.4. The minimum atomic E-state index is -0.267. The lowest BCUT2D eigenvalue weighted by molar-refractivity contribution is 0.548. The van der Waals surface area contributed by atoms with E-state index in [-0.39, 0.29) is 11.9 Å². The molecule has 0 amide bonds. The molecule has 1 unspecified atom stereocenters. The molecule has 1 N–H and O–H groups in total. The van der Waals surface area contributed by atoms with Gasteiger partial charge in [0, 0.05) is 17.5 Å². The fraction of sp³-hybridized carbons (Fsp3) is 0.417. The van der Waals surface area contributed by atoms with Crippen molar-refractivity contribution >= 4 is 11.6 Å². The Morgan fingerprint density at radius 2 is 2.25 bits per heavy atom. The molecular weight excluding hydrogens is 227 g/mol. The zero-order valence-electron chi connectivity index (χ0n) is 9.35. The van der Waals surface area contributed by atoms with Gasteiger partial charge in [0.2, 0.25) is 0 Å². The first kappa shape index (κ1) is 13.0. The average molecular weight is 241 g/mol. The van der Waals surface area contributed by atoms with Gasteiger partial charge in [0.1, 0.15) is 5.82 Å². The number of hydrogen-bond donors (Lipinski definition) is 1. The molecule has 1 aromatic rings. The molecule has 0 aliphatic heterocycles. The van der Waals surface area contributed by atoms with Gasteiger partial charge in [0.15, 0.2) is 0 Å². The van der Waals surface area contributed by atoms with Crippen molar-refractivity contribution in [1.29, 1.82) is 5.26 Å². The Kier molecular flexibility index (Phi) is 4.72. The van der Waals surface area contributed by atoms with E-state index in [1.165, 1.54) is 6.07 Å². The van der Waals surface area contributed by atoms with Crippen molar-refractivity contribution < 1.29 is 4.39 Å². The number of hydrogen-bond acceptors (Lipinski definition) is 2. The summed E-state index contributed by atoms with van der Waals surface area (Å²) in [6, 6.07) is 5.04. The molecule has 0 spiro atoms. The Bertz CT molecular complexity index is 412. The summed E-state index contributed by atoms with van der Waals surface area (Å²) in [5.41, 5.74) is 1.24. The summed E-state index contributed by atoms with van der Waals surface area (Å²) < 4.78 is 13.4. The molecule has 1 rings (SSSR count). The average Bonchev–Trinajstić information content (AvgIpc) is 2.26. The van der Waals surface area contributed by atoms with E-state index in [0.717, 1.165) is 0 Å². The standard InChI is InChI=1S/C12H14ClFN2/c1-8-6-10(13)9(7-11(8)14)12(16-2)4-3-5-15/h6-7,12,16H,3-4H2,1-2H3. The summed E-state index contributed by atoms with van der Waals surface area (Å²) in [5.74, 6) is -0.267. The summed E-state index contributed by atoms with van der Waals surface area (Å²) in [5, 5.41) is 12.1. The first-order valence-corrected chi connectivity index (χ1v) is 5.47. The zero-order valence-corrected chi connectivity index (χ0v) is 10.1. The summed E-state index contributed by atoms with van der Waals surface area (Å²) >= 11 is 6.06. The van der Waals surface area contributed by atoms with Crippen molar-refractivity contribution in [1.82, 2.24) is 5.32 Å². The highest BCUT2D eigenvalue weighted by atomic mass is 35.5. The quantitative estimate of drug-likeness (QED) is 0.876. The highest BCUT2D eigenvalue weighted by molar-refractivity contribution is 6.31. The topological polar surface area (TPSA) is 35.8 Å². The van der Waals surface area contributed by atoms with Crippen LogP contribution in [0.4, 0.5) is 4.39 Å². The molecule has 0 saturated heterocycles. The number of nitrogens with one attached hydrogen (secondary N) is 1. The second-order valence-corrected chi connectivity index (χ2v) is 4.07. The Hall–Kier alpha value is -1.11. The van der Waals surface area contributed by atoms with E-state index in [0.29, 0.717) is 29.0 Å². The minimum Gasteiger partial charge on any atom is -0.313 e. The normalized spacial score (nSPS) is 12.2. The van der Waals surface area contributed by atoms with Gasteiger partial charge in [-0.15, -0.1) is 0 Å².